The summed E-state index contributed by atoms with van der Waals surface area (Å²) in [5.41, 5.74) is 2.01. The van der Waals surface area contributed by atoms with E-state index in [1.54, 1.807) is 13.4 Å². The molecule has 2 atom stereocenters. The van der Waals surface area contributed by atoms with Gasteiger partial charge in [0.15, 0.2) is 0 Å². The fourth-order valence-electron chi connectivity index (χ4n) is 3.44. The zero-order valence-corrected chi connectivity index (χ0v) is 14.0. The van der Waals surface area contributed by atoms with Crippen LogP contribution in [0.3, 0.4) is 0 Å². The fourth-order valence-corrected chi connectivity index (χ4v) is 3.44. The average Bonchev–Trinajstić information content (AvgIpc) is 3.10. The van der Waals surface area contributed by atoms with Crippen LogP contribution in [-0.2, 0) is 4.74 Å². The summed E-state index contributed by atoms with van der Waals surface area (Å²) in [5, 5.41) is 4.37. The smallest absolute Gasteiger partial charge is 0.254 e. The van der Waals surface area contributed by atoms with Crippen molar-refractivity contribution in [2.75, 3.05) is 18.6 Å². The van der Waals surface area contributed by atoms with Gasteiger partial charge in [0.25, 0.3) is 5.78 Å². The monoisotopic (exact) mass is 323 g/mol. The average molecular weight is 323 g/mol. The van der Waals surface area contributed by atoms with Gasteiger partial charge in [-0.05, 0) is 19.8 Å². The van der Waals surface area contributed by atoms with Crippen LogP contribution in [0.15, 0.2) is 42.7 Å². The summed E-state index contributed by atoms with van der Waals surface area (Å²) in [6.45, 7) is 3.17. The zero-order valence-electron chi connectivity index (χ0n) is 14.0. The molecule has 0 bridgehead atoms. The summed E-state index contributed by atoms with van der Waals surface area (Å²) in [7, 11) is 1.79. The maximum absolute atomic E-state index is 5.54. The van der Waals surface area contributed by atoms with Gasteiger partial charge in [0.05, 0.1) is 11.8 Å². The maximum Gasteiger partial charge on any atom is 0.254 e. The van der Waals surface area contributed by atoms with Gasteiger partial charge in [0.2, 0.25) is 0 Å². The van der Waals surface area contributed by atoms with E-state index in [0.717, 1.165) is 36.5 Å². The molecule has 124 valence electrons. The van der Waals surface area contributed by atoms with Crippen LogP contribution >= 0.6 is 0 Å². The number of piperidine rings is 1. The molecule has 4 rings (SSSR count). The van der Waals surface area contributed by atoms with Crippen molar-refractivity contribution < 1.29 is 4.74 Å². The highest BCUT2D eigenvalue weighted by Crippen LogP contribution is 2.29. The van der Waals surface area contributed by atoms with Crippen molar-refractivity contribution >= 4 is 11.6 Å². The molecule has 0 radical (unpaired) electrons. The van der Waals surface area contributed by atoms with Crippen molar-refractivity contribution in [1.29, 1.82) is 0 Å². The van der Waals surface area contributed by atoms with E-state index in [1.165, 1.54) is 0 Å². The van der Waals surface area contributed by atoms with Gasteiger partial charge in [-0.25, -0.2) is 4.98 Å². The summed E-state index contributed by atoms with van der Waals surface area (Å²) >= 11 is 0. The third-order valence-corrected chi connectivity index (χ3v) is 4.76. The molecule has 0 spiro atoms. The molecule has 0 unspecified atom stereocenters. The van der Waals surface area contributed by atoms with Crippen molar-refractivity contribution in [1.82, 2.24) is 19.6 Å². The quantitative estimate of drug-likeness (QED) is 0.742. The number of nitrogens with zero attached hydrogens (tertiary/aromatic N) is 5. The van der Waals surface area contributed by atoms with Gasteiger partial charge in [0, 0.05) is 31.3 Å². The summed E-state index contributed by atoms with van der Waals surface area (Å²) in [5.74, 6) is 1.67. The summed E-state index contributed by atoms with van der Waals surface area (Å²) in [6, 6.07) is 12.7. The highest BCUT2D eigenvalue weighted by atomic mass is 16.5. The Morgan fingerprint density at radius 3 is 2.79 bits per heavy atom. The molecule has 6 nitrogen and oxygen atoms in total. The second-order valence-electron chi connectivity index (χ2n) is 6.26. The number of benzene rings is 1. The number of hydrogen-bond acceptors (Lipinski definition) is 5. The normalized spacial score (nSPS) is 21.3. The first-order chi connectivity index (χ1) is 11.8. The highest BCUT2D eigenvalue weighted by Gasteiger charge is 2.27. The van der Waals surface area contributed by atoms with Gasteiger partial charge in [-0.3, -0.25) is 0 Å². The minimum absolute atomic E-state index is 0.331. The molecule has 2 aromatic heterocycles. The molecule has 1 saturated heterocycles. The third kappa shape index (κ3) is 2.63. The molecule has 0 aliphatic carbocycles. The molecule has 1 fully saturated rings. The van der Waals surface area contributed by atoms with E-state index in [-0.39, 0.29) is 0 Å². The lowest BCUT2D eigenvalue weighted by molar-refractivity contribution is 0.0718. The molecule has 1 aliphatic rings. The Morgan fingerprint density at radius 2 is 2.04 bits per heavy atom. The van der Waals surface area contributed by atoms with Gasteiger partial charge in [-0.2, -0.15) is 14.6 Å². The van der Waals surface area contributed by atoms with Crippen LogP contribution < -0.4 is 4.90 Å². The molecule has 3 heterocycles. The molecular weight excluding hydrogens is 302 g/mol. The van der Waals surface area contributed by atoms with Crippen molar-refractivity contribution in [2.45, 2.75) is 31.9 Å². The summed E-state index contributed by atoms with van der Waals surface area (Å²) < 4.78 is 7.37. The molecule has 6 heteroatoms. The third-order valence-electron chi connectivity index (χ3n) is 4.76. The summed E-state index contributed by atoms with van der Waals surface area (Å²) in [4.78, 5) is 11.3. The predicted octanol–water partition coefficient (Wildman–Crippen LogP) is 2.80. The van der Waals surface area contributed by atoms with Crippen LogP contribution in [0.4, 0.5) is 5.82 Å². The minimum atomic E-state index is 0.331. The number of anilines is 1. The van der Waals surface area contributed by atoms with Crippen LogP contribution in [0, 0.1) is 0 Å². The van der Waals surface area contributed by atoms with Crippen molar-refractivity contribution in [3.05, 3.63) is 42.7 Å². The fraction of sp³-hybridized carbons (Fsp3) is 0.389. The van der Waals surface area contributed by atoms with Crippen molar-refractivity contribution in [3.63, 3.8) is 0 Å². The van der Waals surface area contributed by atoms with Gasteiger partial charge in [-0.1, -0.05) is 30.3 Å². The number of rotatable bonds is 3. The minimum Gasteiger partial charge on any atom is -0.381 e. The lowest BCUT2D eigenvalue weighted by atomic mass is 10.0. The van der Waals surface area contributed by atoms with E-state index in [4.69, 9.17) is 4.74 Å². The molecule has 24 heavy (non-hydrogen) atoms. The van der Waals surface area contributed by atoms with E-state index >= 15 is 0 Å². The Morgan fingerprint density at radius 1 is 1.21 bits per heavy atom. The number of ether oxygens (including phenoxy) is 1. The van der Waals surface area contributed by atoms with Crippen LogP contribution in [0.2, 0.25) is 0 Å². The molecular formula is C18H21N5O. The topological polar surface area (TPSA) is 55.5 Å². The van der Waals surface area contributed by atoms with Gasteiger partial charge < -0.3 is 9.64 Å². The van der Waals surface area contributed by atoms with Gasteiger partial charge in [0.1, 0.15) is 12.1 Å². The molecule has 3 aromatic rings. The van der Waals surface area contributed by atoms with Crippen LogP contribution in [-0.4, -0.2) is 45.4 Å². The number of hydrogen-bond donors (Lipinski definition) is 0. The Kier molecular flexibility index (Phi) is 3.90. The van der Waals surface area contributed by atoms with Crippen LogP contribution in [0.25, 0.3) is 17.0 Å². The Bertz CT molecular complexity index is 832. The van der Waals surface area contributed by atoms with Crippen molar-refractivity contribution in [3.8, 4) is 11.3 Å². The van der Waals surface area contributed by atoms with E-state index in [1.807, 2.05) is 22.7 Å². The van der Waals surface area contributed by atoms with E-state index < -0.39 is 0 Å². The first-order valence-corrected chi connectivity index (χ1v) is 8.32. The standard InChI is InChI=1S/C18H21N5O/c1-13-10-15(24-2)8-9-22(13)17-11-16(14-6-4-3-5-7-14)21-18-19-12-20-23(17)18/h3-7,11-13,15H,8-10H2,1-2H3/t13-,15+/m0/s1. The van der Waals surface area contributed by atoms with Gasteiger partial charge >= 0.3 is 0 Å². The number of methoxy groups -OCH3 is 1. The molecule has 0 amide bonds. The number of aromatic nitrogens is 4. The maximum atomic E-state index is 5.54. The molecule has 0 saturated carbocycles. The lowest BCUT2D eigenvalue weighted by Gasteiger charge is -2.38. The summed E-state index contributed by atoms with van der Waals surface area (Å²) in [6.07, 6.45) is 3.92. The largest absolute Gasteiger partial charge is 0.381 e. The first-order valence-electron chi connectivity index (χ1n) is 8.32. The second kappa shape index (κ2) is 6.20. The molecule has 0 N–H and O–H groups in total. The second-order valence-corrected chi connectivity index (χ2v) is 6.26. The SMILES string of the molecule is CO[C@@H]1CCN(c2cc(-c3ccccc3)nc3ncnn23)[C@@H](C)C1. The Labute approximate surface area is 141 Å². The van der Waals surface area contributed by atoms with Crippen LogP contribution in [0.1, 0.15) is 19.8 Å². The van der Waals surface area contributed by atoms with E-state index in [0.29, 0.717) is 17.9 Å². The predicted molar refractivity (Wildman–Crippen MR) is 93.1 cm³/mol. The lowest BCUT2D eigenvalue weighted by Crippen LogP contribution is -2.44. The van der Waals surface area contributed by atoms with Gasteiger partial charge in [-0.15, -0.1) is 0 Å². The van der Waals surface area contributed by atoms with Crippen LogP contribution in [0.5, 0.6) is 0 Å². The Balaban J connectivity index is 1.78. The molecule has 1 aliphatic heterocycles. The zero-order chi connectivity index (χ0) is 16.5. The van der Waals surface area contributed by atoms with Crippen molar-refractivity contribution in [2.24, 2.45) is 0 Å². The number of fused-ring (bicyclic) bond motifs is 1. The van der Waals surface area contributed by atoms with E-state index in [2.05, 4.69) is 45.1 Å². The first kappa shape index (κ1) is 15.1. The van der Waals surface area contributed by atoms with E-state index in [9.17, 15) is 0 Å². The Hall–Kier alpha value is -2.47. The molecule has 1 aromatic carbocycles. The highest BCUT2D eigenvalue weighted by molar-refractivity contribution is 5.66.